The fourth-order valence-electron chi connectivity index (χ4n) is 4.19. The second-order valence-corrected chi connectivity index (χ2v) is 9.53. The van der Waals surface area contributed by atoms with Crippen LogP contribution in [0.3, 0.4) is 0 Å². The summed E-state index contributed by atoms with van der Waals surface area (Å²) in [6.07, 6.45) is 2.03. The van der Waals surface area contributed by atoms with Crippen molar-refractivity contribution in [1.82, 2.24) is 14.9 Å². The Hall–Kier alpha value is -3.36. The summed E-state index contributed by atoms with van der Waals surface area (Å²) in [4.78, 5) is 46.9. The summed E-state index contributed by atoms with van der Waals surface area (Å²) in [5.74, 6) is -1.09. The monoisotopic (exact) mass is 440 g/mol. The molecule has 1 aliphatic heterocycles. The van der Waals surface area contributed by atoms with Gasteiger partial charge in [-0.25, -0.2) is 19.2 Å². The van der Waals surface area contributed by atoms with E-state index in [0.29, 0.717) is 25.9 Å². The summed E-state index contributed by atoms with van der Waals surface area (Å²) in [6.45, 7) is 6.69. The summed E-state index contributed by atoms with van der Waals surface area (Å²) in [5.41, 5.74) is -0.225. The van der Waals surface area contributed by atoms with Crippen LogP contribution >= 0.6 is 0 Å². The van der Waals surface area contributed by atoms with Crippen molar-refractivity contribution in [2.45, 2.75) is 39.2 Å². The molecule has 0 aromatic carbocycles. The first-order chi connectivity index (χ1) is 15.0. The van der Waals surface area contributed by atoms with E-state index in [1.165, 1.54) is 6.07 Å². The molecular formula is C23H25FN4O4. The van der Waals surface area contributed by atoms with Gasteiger partial charge < -0.3 is 15.0 Å². The zero-order valence-electron chi connectivity index (χ0n) is 18.2. The number of hydrogen-bond acceptors (Lipinski definition) is 6. The van der Waals surface area contributed by atoms with Crippen molar-refractivity contribution in [3.63, 3.8) is 0 Å². The Balaban J connectivity index is 1.31. The lowest BCUT2D eigenvalue weighted by molar-refractivity contribution is -0.0865. The average Bonchev–Trinajstić information content (AvgIpc) is 2.65. The van der Waals surface area contributed by atoms with Gasteiger partial charge in [0, 0.05) is 24.4 Å². The maximum absolute atomic E-state index is 13.0. The van der Waals surface area contributed by atoms with Gasteiger partial charge in [-0.3, -0.25) is 9.59 Å². The summed E-state index contributed by atoms with van der Waals surface area (Å²) in [7, 11) is 0. The number of ketones is 1. The van der Waals surface area contributed by atoms with Crippen LogP contribution in [0.2, 0.25) is 0 Å². The highest BCUT2D eigenvalue weighted by molar-refractivity contribution is 6.03. The van der Waals surface area contributed by atoms with Crippen LogP contribution < -0.4 is 5.32 Å². The van der Waals surface area contributed by atoms with E-state index in [9.17, 15) is 18.8 Å². The fourth-order valence-corrected chi connectivity index (χ4v) is 4.19. The molecule has 2 amide bonds. The number of carbonyl (C=O) groups is 3. The van der Waals surface area contributed by atoms with Crippen LogP contribution in [0, 0.1) is 17.2 Å². The standard InChI is InChI=1S/C23H25FN4O4/c1-22(2,3)32-21(31)28-12-23(13-28)9-14(10-23)19(29)16-5-4-6-18(26-16)27-20(30)17-8-7-15(24)11-25-17/h4-8,11,14H,9-10,12-13H2,1-3H3,(H,26,27,30). The second-order valence-electron chi connectivity index (χ2n) is 9.53. The van der Waals surface area contributed by atoms with Crippen molar-refractivity contribution >= 4 is 23.6 Å². The zero-order chi connectivity index (χ0) is 23.1. The SMILES string of the molecule is CC(C)(C)OC(=O)N1CC2(CC(C(=O)c3cccc(NC(=O)c4ccc(F)cn4)n3)C2)C1. The van der Waals surface area contributed by atoms with Crippen LogP contribution in [0.15, 0.2) is 36.5 Å². The number of amides is 2. The highest BCUT2D eigenvalue weighted by Crippen LogP contribution is 2.52. The van der Waals surface area contributed by atoms with Gasteiger partial charge in [-0.05, 0) is 57.9 Å². The van der Waals surface area contributed by atoms with Crippen molar-refractivity contribution in [2.24, 2.45) is 11.3 Å². The molecule has 2 aliphatic rings. The van der Waals surface area contributed by atoms with Gasteiger partial charge in [-0.1, -0.05) is 6.07 Å². The Morgan fingerprint density at radius 2 is 1.84 bits per heavy atom. The molecule has 8 nitrogen and oxygen atoms in total. The van der Waals surface area contributed by atoms with E-state index in [-0.39, 0.29) is 40.4 Å². The minimum Gasteiger partial charge on any atom is -0.444 e. The van der Waals surface area contributed by atoms with Crippen molar-refractivity contribution in [2.75, 3.05) is 18.4 Å². The smallest absolute Gasteiger partial charge is 0.410 e. The first-order valence-electron chi connectivity index (χ1n) is 10.5. The predicted molar refractivity (Wildman–Crippen MR) is 114 cm³/mol. The number of nitrogens with zero attached hydrogens (tertiary/aromatic N) is 3. The van der Waals surface area contributed by atoms with E-state index in [2.05, 4.69) is 15.3 Å². The Kier molecular flexibility index (Phi) is 5.44. The molecule has 2 aromatic heterocycles. The molecule has 0 atom stereocenters. The molecule has 1 saturated carbocycles. The van der Waals surface area contributed by atoms with Gasteiger partial charge >= 0.3 is 6.09 Å². The van der Waals surface area contributed by atoms with Gasteiger partial charge in [0.15, 0.2) is 5.78 Å². The number of Topliss-reactive ketones (excluding diaryl/α,β-unsaturated/α-hetero) is 1. The zero-order valence-corrected chi connectivity index (χ0v) is 18.2. The number of ether oxygens (including phenoxy) is 1. The molecule has 32 heavy (non-hydrogen) atoms. The maximum atomic E-state index is 13.0. The van der Waals surface area contributed by atoms with Crippen LogP contribution in [0.4, 0.5) is 15.0 Å². The summed E-state index contributed by atoms with van der Waals surface area (Å²) >= 11 is 0. The third-order valence-corrected chi connectivity index (χ3v) is 5.64. The minimum absolute atomic E-state index is 0.0166. The summed E-state index contributed by atoms with van der Waals surface area (Å²) < 4.78 is 18.4. The number of hydrogen-bond donors (Lipinski definition) is 1. The van der Waals surface area contributed by atoms with Crippen molar-refractivity contribution in [3.8, 4) is 0 Å². The topological polar surface area (TPSA) is 101 Å². The molecule has 4 rings (SSSR count). The molecule has 1 aliphatic carbocycles. The van der Waals surface area contributed by atoms with E-state index in [1.807, 2.05) is 20.8 Å². The fraction of sp³-hybridized carbons (Fsp3) is 0.435. The van der Waals surface area contributed by atoms with Crippen LogP contribution in [0.25, 0.3) is 0 Å². The van der Waals surface area contributed by atoms with E-state index >= 15 is 0 Å². The Bertz CT molecular complexity index is 1050. The molecule has 2 aromatic rings. The largest absolute Gasteiger partial charge is 0.444 e. The van der Waals surface area contributed by atoms with Crippen molar-refractivity contribution in [3.05, 3.63) is 53.7 Å². The average molecular weight is 440 g/mol. The molecule has 1 saturated heterocycles. The van der Waals surface area contributed by atoms with Gasteiger partial charge in [0.05, 0.1) is 6.20 Å². The lowest BCUT2D eigenvalue weighted by Gasteiger charge is -2.58. The van der Waals surface area contributed by atoms with E-state index < -0.39 is 17.3 Å². The number of carbonyl (C=O) groups excluding carboxylic acids is 3. The van der Waals surface area contributed by atoms with Gasteiger partial charge in [0.2, 0.25) is 0 Å². The highest BCUT2D eigenvalue weighted by Gasteiger charge is 2.56. The summed E-state index contributed by atoms with van der Waals surface area (Å²) in [6, 6.07) is 7.26. The van der Waals surface area contributed by atoms with Gasteiger partial charge in [0.1, 0.15) is 28.6 Å². The second kappa shape index (κ2) is 7.96. The predicted octanol–water partition coefficient (Wildman–Crippen LogP) is 3.70. The Labute approximate surface area is 185 Å². The van der Waals surface area contributed by atoms with E-state index in [0.717, 1.165) is 12.3 Å². The van der Waals surface area contributed by atoms with E-state index in [4.69, 9.17) is 4.74 Å². The number of nitrogens with one attached hydrogen (secondary N) is 1. The first kappa shape index (κ1) is 21.9. The van der Waals surface area contributed by atoms with Gasteiger partial charge in [-0.2, -0.15) is 0 Å². The third-order valence-electron chi connectivity index (χ3n) is 5.64. The Morgan fingerprint density at radius 3 is 2.47 bits per heavy atom. The van der Waals surface area contributed by atoms with Gasteiger partial charge in [-0.15, -0.1) is 0 Å². The quantitative estimate of drug-likeness (QED) is 0.728. The molecule has 2 fully saturated rings. The van der Waals surface area contributed by atoms with Crippen LogP contribution in [-0.4, -0.2) is 51.3 Å². The molecule has 0 unspecified atom stereocenters. The molecule has 168 valence electrons. The first-order valence-corrected chi connectivity index (χ1v) is 10.5. The molecule has 9 heteroatoms. The third kappa shape index (κ3) is 4.61. The van der Waals surface area contributed by atoms with Crippen LogP contribution in [-0.2, 0) is 4.74 Å². The summed E-state index contributed by atoms with van der Waals surface area (Å²) in [5, 5.41) is 2.58. The number of halogens is 1. The molecule has 3 heterocycles. The molecule has 0 radical (unpaired) electrons. The normalized spacial score (nSPS) is 17.3. The number of aromatic nitrogens is 2. The van der Waals surface area contributed by atoms with E-state index in [1.54, 1.807) is 23.1 Å². The minimum atomic E-state index is -0.540. The number of likely N-dealkylation sites (tertiary alicyclic amines) is 1. The Morgan fingerprint density at radius 1 is 1.12 bits per heavy atom. The van der Waals surface area contributed by atoms with Crippen LogP contribution in [0.5, 0.6) is 0 Å². The number of anilines is 1. The van der Waals surface area contributed by atoms with Crippen LogP contribution in [0.1, 0.15) is 54.6 Å². The maximum Gasteiger partial charge on any atom is 0.410 e. The lowest BCUT2D eigenvalue weighted by atomic mass is 9.56. The number of rotatable bonds is 4. The van der Waals surface area contributed by atoms with Gasteiger partial charge in [0.25, 0.3) is 5.91 Å². The number of pyridine rings is 2. The van der Waals surface area contributed by atoms with Crippen molar-refractivity contribution < 1.29 is 23.5 Å². The molecule has 1 N–H and O–H groups in total. The highest BCUT2D eigenvalue weighted by atomic mass is 19.1. The van der Waals surface area contributed by atoms with Crippen molar-refractivity contribution in [1.29, 1.82) is 0 Å². The molecule has 1 spiro atoms. The molecule has 0 bridgehead atoms. The lowest BCUT2D eigenvalue weighted by Crippen LogP contribution is -2.65. The molecular weight excluding hydrogens is 415 g/mol.